The largest absolute Gasteiger partial charge is 0.508 e. The number of rotatable bonds is 5. The SMILES string of the molecule is CN=C(NCCc1ccc(OC)cc1O)N1CCOC(c2cnn(C)c2)C1.I. The summed E-state index contributed by atoms with van der Waals surface area (Å²) in [4.78, 5) is 6.59. The molecule has 1 aromatic heterocycles. The number of nitrogens with one attached hydrogen (secondary N) is 1. The van der Waals surface area contributed by atoms with E-state index in [9.17, 15) is 5.11 Å². The Hall–Kier alpha value is -2.01. The number of aryl methyl sites for hydroxylation is 1. The van der Waals surface area contributed by atoms with Gasteiger partial charge in [-0.2, -0.15) is 5.10 Å². The number of morpholine rings is 1. The van der Waals surface area contributed by atoms with E-state index < -0.39 is 0 Å². The van der Waals surface area contributed by atoms with Crippen molar-refractivity contribution in [3.63, 3.8) is 0 Å². The number of aromatic hydroxyl groups is 1. The van der Waals surface area contributed by atoms with Crippen LogP contribution in [0.25, 0.3) is 0 Å². The molecule has 1 aromatic carbocycles. The van der Waals surface area contributed by atoms with E-state index in [0.29, 0.717) is 25.3 Å². The molecule has 1 unspecified atom stereocenters. The molecule has 0 aliphatic carbocycles. The van der Waals surface area contributed by atoms with E-state index in [1.165, 1.54) is 0 Å². The first-order chi connectivity index (χ1) is 13.1. The third-order valence-corrected chi connectivity index (χ3v) is 4.64. The first kappa shape index (κ1) is 22.3. The van der Waals surface area contributed by atoms with Crippen LogP contribution in [0, 0.1) is 0 Å². The first-order valence-electron chi connectivity index (χ1n) is 9.02. The average molecular weight is 501 g/mol. The van der Waals surface area contributed by atoms with Gasteiger partial charge in [0.1, 0.15) is 17.6 Å². The predicted molar refractivity (Wildman–Crippen MR) is 119 cm³/mol. The highest BCUT2D eigenvalue weighted by Gasteiger charge is 2.25. The lowest BCUT2D eigenvalue weighted by Crippen LogP contribution is -2.48. The molecule has 1 aliphatic heterocycles. The minimum atomic E-state index is -0.0170. The van der Waals surface area contributed by atoms with Crippen molar-refractivity contribution in [1.82, 2.24) is 20.0 Å². The Morgan fingerprint density at radius 2 is 2.29 bits per heavy atom. The number of benzene rings is 1. The van der Waals surface area contributed by atoms with Crippen molar-refractivity contribution < 1.29 is 14.6 Å². The highest BCUT2D eigenvalue weighted by molar-refractivity contribution is 14.0. The molecule has 1 aliphatic rings. The Kier molecular flexibility index (Phi) is 8.36. The van der Waals surface area contributed by atoms with E-state index in [0.717, 1.165) is 30.2 Å². The van der Waals surface area contributed by atoms with Crippen molar-refractivity contribution >= 4 is 29.9 Å². The van der Waals surface area contributed by atoms with Crippen LogP contribution in [0.15, 0.2) is 35.6 Å². The minimum absolute atomic E-state index is 0. The zero-order chi connectivity index (χ0) is 19.2. The van der Waals surface area contributed by atoms with Gasteiger partial charge in [-0.05, 0) is 18.1 Å². The van der Waals surface area contributed by atoms with Crippen molar-refractivity contribution in [1.29, 1.82) is 0 Å². The van der Waals surface area contributed by atoms with E-state index in [1.54, 1.807) is 24.9 Å². The number of guanidine groups is 1. The predicted octanol–water partition coefficient (Wildman–Crippen LogP) is 1.94. The van der Waals surface area contributed by atoms with Crippen LogP contribution in [0.1, 0.15) is 17.2 Å². The van der Waals surface area contributed by atoms with Crippen molar-refractivity contribution in [3.8, 4) is 11.5 Å². The van der Waals surface area contributed by atoms with E-state index in [4.69, 9.17) is 9.47 Å². The quantitative estimate of drug-likeness (QED) is 0.370. The zero-order valence-corrected chi connectivity index (χ0v) is 18.8. The molecule has 0 saturated carbocycles. The fourth-order valence-electron chi connectivity index (χ4n) is 3.17. The molecular weight excluding hydrogens is 473 g/mol. The molecule has 0 radical (unpaired) electrons. The maximum Gasteiger partial charge on any atom is 0.193 e. The van der Waals surface area contributed by atoms with Gasteiger partial charge in [-0.3, -0.25) is 9.67 Å². The number of aromatic nitrogens is 2. The number of phenols is 1. The Balaban J connectivity index is 0.00000280. The van der Waals surface area contributed by atoms with Crippen LogP contribution in [0.3, 0.4) is 0 Å². The zero-order valence-electron chi connectivity index (χ0n) is 16.5. The van der Waals surface area contributed by atoms with Crippen LogP contribution in [-0.4, -0.2) is 66.1 Å². The molecule has 3 rings (SSSR count). The summed E-state index contributed by atoms with van der Waals surface area (Å²) in [5, 5.41) is 17.7. The average Bonchev–Trinajstić information content (AvgIpc) is 3.13. The van der Waals surface area contributed by atoms with Gasteiger partial charge < -0.3 is 24.8 Å². The minimum Gasteiger partial charge on any atom is -0.508 e. The van der Waals surface area contributed by atoms with E-state index in [-0.39, 0.29) is 35.8 Å². The molecule has 1 fully saturated rings. The van der Waals surface area contributed by atoms with Crippen molar-refractivity contribution in [3.05, 3.63) is 41.7 Å². The summed E-state index contributed by atoms with van der Waals surface area (Å²) in [5.74, 6) is 1.73. The van der Waals surface area contributed by atoms with Gasteiger partial charge in [-0.1, -0.05) is 6.07 Å². The van der Waals surface area contributed by atoms with E-state index in [1.807, 2.05) is 31.6 Å². The van der Waals surface area contributed by atoms with Gasteiger partial charge in [0.15, 0.2) is 5.96 Å². The summed E-state index contributed by atoms with van der Waals surface area (Å²) < 4.78 is 12.8. The summed E-state index contributed by atoms with van der Waals surface area (Å²) >= 11 is 0. The van der Waals surface area contributed by atoms with Crippen LogP contribution in [0.2, 0.25) is 0 Å². The summed E-state index contributed by atoms with van der Waals surface area (Å²) in [6, 6.07) is 5.36. The van der Waals surface area contributed by atoms with Gasteiger partial charge in [0.2, 0.25) is 0 Å². The number of ether oxygens (including phenoxy) is 2. The van der Waals surface area contributed by atoms with Gasteiger partial charge in [0.25, 0.3) is 0 Å². The van der Waals surface area contributed by atoms with Crippen LogP contribution in [0.5, 0.6) is 11.5 Å². The second-order valence-electron chi connectivity index (χ2n) is 6.47. The first-order valence-corrected chi connectivity index (χ1v) is 9.02. The molecule has 0 bridgehead atoms. The molecule has 0 spiro atoms. The molecule has 1 atom stereocenters. The van der Waals surface area contributed by atoms with E-state index >= 15 is 0 Å². The lowest BCUT2D eigenvalue weighted by Gasteiger charge is -2.34. The van der Waals surface area contributed by atoms with Crippen molar-refractivity contribution in [2.75, 3.05) is 40.4 Å². The summed E-state index contributed by atoms with van der Waals surface area (Å²) in [7, 11) is 5.27. The lowest BCUT2D eigenvalue weighted by atomic mass is 10.1. The van der Waals surface area contributed by atoms with Crippen LogP contribution < -0.4 is 10.1 Å². The normalized spacial score (nSPS) is 17.2. The van der Waals surface area contributed by atoms with Gasteiger partial charge in [-0.15, -0.1) is 24.0 Å². The molecule has 1 saturated heterocycles. The van der Waals surface area contributed by atoms with Crippen molar-refractivity contribution in [2.45, 2.75) is 12.5 Å². The number of phenolic OH excluding ortho intramolecular Hbond substituents is 1. The Morgan fingerprint density at radius 3 is 2.93 bits per heavy atom. The Morgan fingerprint density at radius 1 is 1.46 bits per heavy atom. The second kappa shape index (κ2) is 10.5. The number of nitrogens with zero attached hydrogens (tertiary/aromatic N) is 4. The number of halogens is 1. The fourth-order valence-corrected chi connectivity index (χ4v) is 3.17. The molecule has 0 amide bonds. The standard InChI is InChI=1S/C19H27N5O3.HI/c1-20-19(21-7-6-14-4-5-16(26-3)10-17(14)25)24-8-9-27-18(13-24)15-11-22-23(2)12-15;/h4-5,10-12,18,25H,6-9,13H2,1-3H3,(H,20,21);1H. The monoisotopic (exact) mass is 501 g/mol. The summed E-state index contributed by atoms with van der Waals surface area (Å²) in [6.45, 7) is 2.81. The summed E-state index contributed by atoms with van der Waals surface area (Å²) in [5.41, 5.74) is 1.94. The third-order valence-electron chi connectivity index (χ3n) is 4.64. The molecule has 154 valence electrons. The number of aliphatic imine (C=N–C) groups is 1. The highest BCUT2D eigenvalue weighted by atomic mass is 127. The van der Waals surface area contributed by atoms with Crippen molar-refractivity contribution in [2.24, 2.45) is 12.0 Å². The maximum atomic E-state index is 10.1. The van der Waals surface area contributed by atoms with E-state index in [2.05, 4.69) is 20.3 Å². The van der Waals surface area contributed by atoms with Gasteiger partial charge in [0.05, 0.1) is 26.5 Å². The number of methoxy groups -OCH3 is 1. The molecule has 2 aromatic rings. The highest BCUT2D eigenvalue weighted by Crippen LogP contribution is 2.24. The molecule has 2 heterocycles. The molecule has 9 heteroatoms. The fraction of sp³-hybridized carbons (Fsp3) is 0.474. The smallest absolute Gasteiger partial charge is 0.193 e. The third kappa shape index (κ3) is 5.51. The lowest BCUT2D eigenvalue weighted by molar-refractivity contribution is -0.00800. The molecule has 8 nitrogen and oxygen atoms in total. The number of hydrogen-bond acceptors (Lipinski definition) is 5. The Bertz CT molecular complexity index is 796. The van der Waals surface area contributed by atoms with Gasteiger partial charge in [-0.25, -0.2) is 0 Å². The van der Waals surface area contributed by atoms with Gasteiger partial charge >= 0.3 is 0 Å². The van der Waals surface area contributed by atoms with Gasteiger partial charge in [0, 0.05) is 45.0 Å². The molecule has 28 heavy (non-hydrogen) atoms. The van der Waals surface area contributed by atoms with Crippen LogP contribution in [0.4, 0.5) is 0 Å². The topological polar surface area (TPSA) is 84.1 Å². The molecule has 2 N–H and O–H groups in total. The molecular formula is C19H28IN5O3. The van der Waals surface area contributed by atoms with Crippen LogP contribution >= 0.6 is 24.0 Å². The number of hydrogen-bond donors (Lipinski definition) is 2. The van der Waals surface area contributed by atoms with Crippen LogP contribution in [-0.2, 0) is 18.2 Å². The second-order valence-corrected chi connectivity index (χ2v) is 6.47. The summed E-state index contributed by atoms with van der Waals surface area (Å²) in [6.07, 6.45) is 4.50. The maximum absolute atomic E-state index is 10.1. The Labute approximate surface area is 182 Å².